The third kappa shape index (κ3) is 4.61. The second-order valence-electron chi connectivity index (χ2n) is 5.86. The highest BCUT2D eigenvalue weighted by Crippen LogP contribution is 2.25. The molecule has 1 aromatic rings. The Hall–Kier alpha value is -0.860. The molecule has 0 bridgehead atoms. The summed E-state index contributed by atoms with van der Waals surface area (Å²) >= 11 is 11.7. The van der Waals surface area contributed by atoms with Crippen molar-refractivity contribution < 1.29 is 17.9 Å². The molecule has 0 unspecified atom stereocenters. The van der Waals surface area contributed by atoms with Gasteiger partial charge in [0.05, 0.1) is 28.2 Å². The van der Waals surface area contributed by atoms with Gasteiger partial charge in [-0.05, 0) is 24.1 Å². The number of hydrogen-bond acceptors (Lipinski definition) is 4. The SMILES string of the molecule is CC(C)[C@@H](NS(=O)(=O)c1ccc(Cl)c(Cl)c1)C(=O)N1CCOCC1. The van der Waals surface area contributed by atoms with E-state index in [0.717, 1.165) is 0 Å². The highest BCUT2D eigenvalue weighted by Gasteiger charge is 2.32. The van der Waals surface area contributed by atoms with E-state index in [9.17, 15) is 13.2 Å². The van der Waals surface area contributed by atoms with Gasteiger partial charge in [0.2, 0.25) is 15.9 Å². The van der Waals surface area contributed by atoms with Crippen LogP contribution in [0, 0.1) is 5.92 Å². The molecule has 0 radical (unpaired) electrons. The van der Waals surface area contributed by atoms with Gasteiger partial charge in [-0.15, -0.1) is 0 Å². The molecular formula is C15H20Cl2N2O4S. The number of amides is 1. The summed E-state index contributed by atoms with van der Waals surface area (Å²) in [7, 11) is -3.90. The Morgan fingerprint density at radius 1 is 1.21 bits per heavy atom. The summed E-state index contributed by atoms with van der Waals surface area (Å²) in [4.78, 5) is 14.3. The fourth-order valence-corrected chi connectivity index (χ4v) is 4.06. The number of sulfonamides is 1. The van der Waals surface area contributed by atoms with E-state index in [1.165, 1.54) is 18.2 Å². The summed E-state index contributed by atoms with van der Waals surface area (Å²) in [6.07, 6.45) is 0. The summed E-state index contributed by atoms with van der Waals surface area (Å²) < 4.78 is 32.9. The Morgan fingerprint density at radius 3 is 2.38 bits per heavy atom. The highest BCUT2D eigenvalue weighted by molar-refractivity contribution is 7.89. The number of nitrogens with zero attached hydrogens (tertiary/aromatic N) is 1. The minimum Gasteiger partial charge on any atom is -0.378 e. The Morgan fingerprint density at radius 2 is 1.83 bits per heavy atom. The maximum Gasteiger partial charge on any atom is 0.241 e. The zero-order chi connectivity index (χ0) is 17.9. The predicted octanol–water partition coefficient (Wildman–Crippen LogP) is 2.16. The quantitative estimate of drug-likeness (QED) is 0.829. The molecule has 1 amide bonds. The molecule has 1 atom stereocenters. The van der Waals surface area contributed by atoms with Crippen LogP contribution in [-0.2, 0) is 19.6 Å². The van der Waals surface area contributed by atoms with Gasteiger partial charge in [-0.3, -0.25) is 4.79 Å². The zero-order valence-corrected chi connectivity index (χ0v) is 15.8. The molecule has 2 rings (SSSR count). The van der Waals surface area contributed by atoms with Crippen LogP contribution in [0.4, 0.5) is 0 Å². The van der Waals surface area contributed by atoms with Crippen molar-refractivity contribution in [3.63, 3.8) is 0 Å². The topological polar surface area (TPSA) is 75.7 Å². The first kappa shape index (κ1) is 19.5. The molecule has 1 heterocycles. The van der Waals surface area contributed by atoms with E-state index in [2.05, 4.69) is 4.72 Å². The van der Waals surface area contributed by atoms with E-state index < -0.39 is 16.1 Å². The number of morpholine rings is 1. The third-order valence-electron chi connectivity index (χ3n) is 3.74. The van der Waals surface area contributed by atoms with Crippen LogP contribution >= 0.6 is 23.2 Å². The molecule has 0 aliphatic carbocycles. The van der Waals surface area contributed by atoms with Crippen LogP contribution in [0.15, 0.2) is 23.1 Å². The van der Waals surface area contributed by atoms with Gasteiger partial charge in [0, 0.05) is 13.1 Å². The average molecular weight is 395 g/mol. The van der Waals surface area contributed by atoms with Crippen molar-refractivity contribution in [3.05, 3.63) is 28.2 Å². The van der Waals surface area contributed by atoms with Crippen LogP contribution in [0.1, 0.15) is 13.8 Å². The second-order valence-corrected chi connectivity index (χ2v) is 8.38. The fraction of sp³-hybridized carbons (Fsp3) is 0.533. The summed E-state index contributed by atoms with van der Waals surface area (Å²) in [5, 5.41) is 0.403. The lowest BCUT2D eigenvalue weighted by atomic mass is 10.0. The first-order valence-corrected chi connectivity index (χ1v) is 9.80. The van der Waals surface area contributed by atoms with E-state index in [1.54, 1.807) is 18.7 Å². The Bertz CT molecular complexity index is 703. The first-order valence-electron chi connectivity index (χ1n) is 7.56. The summed E-state index contributed by atoms with van der Waals surface area (Å²) in [5.74, 6) is -0.463. The van der Waals surface area contributed by atoms with E-state index in [4.69, 9.17) is 27.9 Å². The van der Waals surface area contributed by atoms with E-state index in [1.807, 2.05) is 0 Å². The fourth-order valence-electron chi connectivity index (χ4n) is 2.33. The minimum atomic E-state index is -3.90. The molecule has 9 heteroatoms. The Kier molecular flexibility index (Phi) is 6.50. The van der Waals surface area contributed by atoms with Gasteiger partial charge in [0.1, 0.15) is 6.04 Å². The second kappa shape index (κ2) is 8.01. The lowest BCUT2D eigenvalue weighted by molar-refractivity contribution is -0.138. The van der Waals surface area contributed by atoms with Crippen LogP contribution < -0.4 is 4.72 Å². The molecule has 1 aromatic carbocycles. The number of carbonyl (C=O) groups is 1. The lowest BCUT2D eigenvalue weighted by Crippen LogP contribution is -2.53. The van der Waals surface area contributed by atoms with Crippen LogP contribution in [-0.4, -0.2) is 51.6 Å². The number of halogens is 2. The van der Waals surface area contributed by atoms with Crippen molar-refractivity contribution >= 4 is 39.1 Å². The van der Waals surface area contributed by atoms with Gasteiger partial charge in [-0.25, -0.2) is 8.42 Å². The molecule has 0 saturated carbocycles. The molecule has 0 aromatic heterocycles. The molecule has 1 N–H and O–H groups in total. The van der Waals surface area contributed by atoms with Gasteiger partial charge in [0.15, 0.2) is 0 Å². The number of hydrogen-bond donors (Lipinski definition) is 1. The maximum atomic E-state index is 12.7. The monoisotopic (exact) mass is 394 g/mol. The van der Waals surface area contributed by atoms with Crippen molar-refractivity contribution in [2.24, 2.45) is 5.92 Å². The average Bonchev–Trinajstić information content (AvgIpc) is 2.55. The van der Waals surface area contributed by atoms with Gasteiger partial charge < -0.3 is 9.64 Å². The molecule has 1 aliphatic rings. The van der Waals surface area contributed by atoms with Crippen molar-refractivity contribution in [1.29, 1.82) is 0 Å². The smallest absolute Gasteiger partial charge is 0.241 e. The van der Waals surface area contributed by atoms with Crippen LogP contribution in [0.5, 0.6) is 0 Å². The first-order chi connectivity index (χ1) is 11.2. The molecular weight excluding hydrogens is 375 g/mol. The molecule has 1 aliphatic heterocycles. The number of benzene rings is 1. The maximum absolute atomic E-state index is 12.7. The van der Waals surface area contributed by atoms with Crippen molar-refractivity contribution in [3.8, 4) is 0 Å². The van der Waals surface area contributed by atoms with Gasteiger partial charge in [-0.1, -0.05) is 37.0 Å². The largest absolute Gasteiger partial charge is 0.378 e. The summed E-state index contributed by atoms with van der Waals surface area (Å²) in [5.41, 5.74) is 0. The van der Waals surface area contributed by atoms with Gasteiger partial charge in [0.25, 0.3) is 0 Å². The highest BCUT2D eigenvalue weighted by atomic mass is 35.5. The van der Waals surface area contributed by atoms with Crippen molar-refractivity contribution in [1.82, 2.24) is 9.62 Å². The number of nitrogens with one attached hydrogen (secondary N) is 1. The normalized spacial score (nSPS) is 17.1. The van der Waals surface area contributed by atoms with Crippen LogP contribution in [0.2, 0.25) is 10.0 Å². The van der Waals surface area contributed by atoms with Crippen molar-refractivity contribution in [2.45, 2.75) is 24.8 Å². The minimum absolute atomic E-state index is 0.0303. The van der Waals surface area contributed by atoms with E-state index >= 15 is 0 Å². The molecule has 1 fully saturated rings. The van der Waals surface area contributed by atoms with Crippen molar-refractivity contribution in [2.75, 3.05) is 26.3 Å². The number of ether oxygens (including phenoxy) is 1. The molecule has 6 nitrogen and oxygen atoms in total. The summed E-state index contributed by atoms with van der Waals surface area (Å²) in [6, 6.07) is 3.17. The van der Waals surface area contributed by atoms with Gasteiger partial charge >= 0.3 is 0 Å². The molecule has 1 saturated heterocycles. The molecule has 134 valence electrons. The van der Waals surface area contributed by atoms with Crippen LogP contribution in [0.25, 0.3) is 0 Å². The molecule has 24 heavy (non-hydrogen) atoms. The Labute approximate surface area is 152 Å². The zero-order valence-electron chi connectivity index (χ0n) is 13.5. The van der Waals surface area contributed by atoms with Gasteiger partial charge in [-0.2, -0.15) is 4.72 Å². The predicted molar refractivity (Wildman–Crippen MR) is 92.8 cm³/mol. The standard InChI is InChI=1S/C15H20Cl2N2O4S/c1-10(2)14(15(20)19-5-7-23-8-6-19)18-24(21,22)11-3-4-12(16)13(17)9-11/h3-4,9-10,14,18H,5-8H2,1-2H3/t14-/m1/s1. The Balaban J connectivity index is 2.22. The lowest BCUT2D eigenvalue weighted by Gasteiger charge is -2.32. The van der Waals surface area contributed by atoms with Crippen LogP contribution in [0.3, 0.4) is 0 Å². The molecule has 0 spiro atoms. The van der Waals surface area contributed by atoms with E-state index in [0.29, 0.717) is 26.3 Å². The summed E-state index contributed by atoms with van der Waals surface area (Å²) in [6.45, 7) is 5.40. The number of carbonyl (C=O) groups excluding carboxylic acids is 1. The third-order valence-corrected chi connectivity index (χ3v) is 5.92. The van der Waals surface area contributed by atoms with E-state index in [-0.39, 0.29) is 26.8 Å². The number of rotatable bonds is 5.